The fourth-order valence-corrected chi connectivity index (χ4v) is 4.99. The van der Waals surface area contributed by atoms with Gasteiger partial charge in [0, 0.05) is 31.1 Å². The number of ether oxygens (including phenoxy) is 2. The molecule has 0 N–H and O–H groups in total. The van der Waals surface area contributed by atoms with Crippen molar-refractivity contribution in [2.45, 2.75) is 43.9 Å². The van der Waals surface area contributed by atoms with Crippen LogP contribution in [0.25, 0.3) is 0 Å². The Balaban J connectivity index is 1.36. The van der Waals surface area contributed by atoms with Crippen LogP contribution in [0.5, 0.6) is 0 Å². The molecule has 0 aliphatic carbocycles. The third-order valence-corrected chi connectivity index (χ3v) is 6.25. The molecule has 3 saturated heterocycles. The standard InChI is InChI=1S/C18H28N2O2S/c1-2-8-19(7-1)12-16-5-6-18(22-16)14-20(9-10-21-15-18)13-17-4-3-11-23-17/h3-4,11,16H,1-2,5-10,12-15H2/t16-,18-/m1/s1. The van der Waals surface area contributed by atoms with Crippen molar-refractivity contribution in [3.05, 3.63) is 22.4 Å². The minimum atomic E-state index is -0.0713. The molecule has 1 spiro atoms. The highest BCUT2D eigenvalue weighted by Crippen LogP contribution is 2.34. The summed E-state index contributed by atoms with van der Waals surface area (Å²) in [4.78, 5) is 6.54. The Morgan fingerprint density at radius 1 is 1.22 bits per heavy atom. The minimum absolute atomic E-state index is 0.0713. The molecule has 1 aromatic rings. The molecular weight excluding hydrogens is 308 g/mol. The lowest BCUT2D eigenvalue weighted by molar-refractivity contribution is -0.0913. The molecule has 4 rings (SSSR count). The van der Waals surface area contributed by atoms with E-state index in [4.69, 9.17) is 9.47 Å². The minimum Gasteiger partial charge on any atom is -0.377 e. The van der Waals surface area contributed by atoms with Gasteiger partial charge >= 0.3 is 0 Å². The van der Waals surface area contributed by atoms with E-state index in [0.29, 0.717) is 6.10 Å². The SMILES string of the molecule is c1csc(CN2CCOC[C@@]3(CC[C@H](CN4CCCC4)O3)C2)c1. The molecule has 0 bridgehead atoms. The van der Waals surface area contributed by atoms with Crippen molar-refractivity contribution in [3.63, 3.8) is 0 Å². The van der Waals surface area contributed by atoms with Gasteiger partial charge in [0.2, 0.25) is 0 Å². The van der Waals surface area contributed by atoms with Gasteiger partial charge in [-0.3, -0.25) is 4.90 Å². The van der Waals surface area contributed by atoms with Crippen LogP contribution in [0.15, 0.2) is 17.5 Å². The van der Waals surface area contributed by atoms with Crippen molar-refractivity contribution >= 4 is 11.3 Å². The second-order valence-electron chi connectivity index (χ2n) is 7.31. The van der Waals surface area contributed by atoms with E-state index in [1.165, 1.54) is 37.2 Å². The summed E-state index contributed by atoms with van der Waals surface area (Å²) in [6.07, 6.45) is 5.45. The molecule has 5 heteroatoms. The predicted octanol–water partition coefficient (Wildman–Crippen LogP) is 2.59. The molecule has 128 valence electrons. The Bertz CT molecular complexity index is 489. The van der Waals surface area contributed by atoms with Crippen LogP contribution in [0.3, 0.4) is 0 Å². The van der Waals surface area contributed by atoms with Gasteiger partial charge in [0.05, 0.1) is 19.3 Å². The molecule has 0 radical (unpaired) electrons. The monoisotopic (exact) mass is 336 g/mol. The zero-order chi connectivity index (χ0) is 15.5. The van der Waals surface area contributed by atoms with Crippen LogP contribution in [0.2, 0.25) is 0 Å². The van der Waals surface area contributed by atoms with Crippen molar-refractivity contribution in [2.24, 2.45) is 0 Å². The van der Waals surface area contributed by atoms with Gasteiger partial charge in [0.1, 0.15) is 5.60 Å². The first-order valence-corrected chi connectivity index (χ1v) is 9.92. The topological polar surface area (TPSA) is 24.9 Å². The van der Waals surface area contributed by atoms with Crippen LogP contribution in [0, 0.1) is 0 Å². The number of nitrogens with zero attached hydrogens (tertiary/aromatic N) is 2. The Kier molecular flexibility index (Phi) is 5.02. The van der Waals surface area contributed by atoms with E-state index in [9.17, 15) is 0 Å². The van der Waals surface area contributed by atoms with E-state index in [1.807, 2.05) is 11.3 Å². The number of hydrogen-bond acceptors (Lipinski definition) is 5. The second kappa shape index (κ2) is 7.19. The number of thiophene rings is 1. The maximum absolute atomic E-state index is 6.58. The van der Waals surface area contributed by atoms with Gasteiger partial charge in [-0.1, -0.05) is 6.07 Å². The van der Waals surface area contributed by atoms with Gasteiger partial charge in [-0.2, -0.15) is 0 Å². The summed E-state index contributed by atoms with van der Waals surface area (Å²) in [5.74, 6) is 0. The molecule has 2 atom stereocenters. The maximum atomic E-state index is 6.58. The third kappa shape index (κ3) is 3.97. The molecule has 3 aliphatic heterocycles. The van der Waals surface area contributed by atoms with E-state index in [1.54, 1.807) is 0 Å². The quantitative estimate of drug-likeness (QED) is 0.844. The van der Waals surface area contributed by atoms with Gasteiger partial charge in [-0.25, -0.2) is 0 Å². The van der Waals surface area contributed by atoms with Crippen LogP contribution in [0.1, 0.15) is 30.6 Å². The summed E-state index contributed by atoms with van der Waals surface area (Å²) in [6, 6.07) is 4.37. The Morgan fingerprint density at radius 2 is 2.13 bits per heavy atom. The van der Waals surface area contributed by atoms with Gasteiger partial charge in [-0.05, 0) is 50.2 Å². The average molecular weight is 337 g/mol. The van der Waals surface area contributed by atoms with Crippen molar-refractivity contribution in [1.82, 2.24) is 9.80 Å². The molecule has 4 nitrogen and oxygen atoms in total. The smallest absolute Gasteiger partial charge is 0.105 e. The molecule has 0 unspecified atom stereocenters. The molecule has 0 aromatic carbocycles. The molecular formula is C18H28N2O2S. The lowest BCUT2D eigenvalue weighted by Crippen LogP contribution is -2.45. The molecule has 0 saturated carbocycles. The first-order chi connectivity index (χ1) is 11.3. The third-order valence-electron chi connectivity index (χ3n) is 5.39. The van der Waals surface area contributed by atoms with Crippen LogP contribution in [0.4, 0.5) is 0 Å². The van der Waals surface area contributed by atoms with E-state index in [-0.39, 0.29) is 5.60 Å². The van der Waals surface area contributed by atoms with Crippen molar-refractivity contribution < 1.29 is 9.47 Å². The molecule has 23 heavy (non-hydrogen) atoms. The summed E-state index contributed by atoms with van der Waals surface area (Å²) < 4.78 is 12.5. The zero-order valence-corrected chi connectivity index (χ0v) is 14.7. The number of rotatable bonds is 4. The van der Waals surface area contributed by atoms with Crippen molar-refractivity contribution in [1.29, 1.82) is 0 Å². The lowest BCUT2D eigenvalue weighted by atomic mass is 10.00. The Labute approximate surface area is 143 Å². The van der Waals surface area contributed by atoms with Crippen LogP contribution >= 0.6 is 11.3 Å². The van der Waals surface area contributed by atoms with Crippen molar-refractivity contribution in [3.8, 4) is 0 Å². The highest BCUT2D eigenvalue weighted by atomic mass is 32.1. The Morgan fingerprint density at radius 3 is 2.96 bits per heavy atom. The van der Waals surface area contributed by atoms with E-state index in [0.717, 1.165) is 45.8 Å². The summed E-state index contributed by atoms with van der Waals surface area (Å²) >= 11 is 1.85. The normalized spacial score (nSPS) is 33.5. The van der Waals surface area contributed by atoms with Gasteiger partial charge in [-0.15, -0.1) is 11.3 Å². The van der Waals surface area contributed by atoms with Crippen LogP contribution in [-0.2, 0) is 16.0 Å². The summed E-state index contributed by atoms with van der Waals surface area (Å²) in [7, 11) is 0. The first-order valence-electron chi connectivity index (χ1n) is 9.04. The first kappa shape index (κ1) is 16.0. The number of hydrogen-bond donors (Lipinski definition) is 0. The largest absolute Gasteiger partial charge is 0.377 e. The molecule has 0 amide bonds. The van der Waals surface area contributed by atoms with Crippen LogP contribution in [-0.4, -0.2) is 67.4 Å². The fraction of sp³-hybridized carbons (Fsp3) is 0.778. The zero-order valence-electron chi connectivity index (χ0n) is 13.9. The second-order valence-corrected chi connectivity index (χ2v) is 8.34. The van der Waals surface area contributed by atoms with E-state index in [2.05, 4.69) is 27.3 Å². The number of likely N-dealkylation sites (tertiary alicyclic amines) is 1. The summed E-state index contributed by atoms with van der Waals surface area (Å²) in [6.45, 7) is 8.29. The molecule has 3 fully saturated rings. The van der Waals surface area contributed by atoms with Gasteiger partial charge < -0.3 is 14.4 Å². The highest BCUT2D eigenvalue weighted by Gasteiger charge is 2.43. The summed E-state index contributed by atoms with van der Waals surface area (Å²) in [5.41, 5.74) is -0.0713. The lowest BCUT2D eigenvalue weighted by Gasteiger charge is -2.32. The Hall–Kier alpha value is -0.460. The van der Waals surface area contributed by atoms with E-state index < -0.39 is 0 Å². The van der Waals surface area contributed by atoms with Gasteiger partial charge in [0.15, 0.2) is 0 Å². The fourth-order valence-electron chi connectivity index (χ4n) is 4.24. The summed E-state index contributed by atoms with van der Waals surface area (Å²) in [5, 5.41) is 2.16. The molecule has 3 aliphatic rings. The van der Waals surface area contributed by atoms with Crippen LogP contribution < -0.4 is 0 Å². The molecule has 1 aromatic heterocycles. The van der Waals surface area contributed by atoms with Crippen molar-refractivity contribution in [2.75, 3.05) is 45.9 Å². The maximum Gasteiger partial charge on any atom is 0.105 e. The van der Waals surface area contributed by atoms with E-state index >= 15 is 0 Å². The average Bonchev–Trinajstić information content (AvgIpc) is 3.25. The predicted molar refractivity (Wildman–Crippen MR) is 92.9 cm³/mol. The highest BCUT2D eigenvalue weighted by molar-refractivity contribution is 7.09. The molecule has 4 heterocycles. The van der Waals surface area contributed by atoms with Gasteiger partial charge in [0.25, 0.3) is 0 Å².